The maximum absolute atomic E-state index is 12.0. The molecule has 6 heteroatoms. The summed E-state index contributed by atoms with van der Waals surface area (Å²) in [5.41, 5.74) is 2.68. The van der Waals surface area contributed by atoms with Gasteiger partial charge in [0.25, 0.3) is 0 Å². The lowest BCUT2D eigenvalue weighted by atomic mass is 9.94. The summed E-state index contributed by atoms with van der Waals surface area (Å²) in [7, 11) is 0. The number of allylic oxidation sites excluding steroid dienone is 4. The van der Waals surface area contributed by atoms with Crippen molar-refractivity contribution in [1.29, 1.82) is 0 Å². The Labute approximate surface area is 178 Å². The number of unbranched alkanes of at least 4 members (excludes halogenated alkanes) is 2. The van der Waals surface area contributed by atoms with Crippen molar-refractivity contribution < 1.29 is 29.3 Å². The lowest BCUT2D eigenvalue weighted by Crippen LogP contribution is -2.15. The highest BCUT2D eigenvalue weighted by Crippen LogP contribution is 2.36. The van der Waals surface area contributed by atoms with Crippen molar-refractivity contribution in [2.45, 2.75) is 72.6 Å². The van der Waals surface area contributed by atoms with Crippen LogP contribution in [0.1, 0.15) is 81.3 Å². The fourth-order valence-electron chi connectivity index (χ4n) is 3.14. The molecule has 0 atom stereocenters. The number of ether oxygens (including phenoxy) is 1. The van der Waals surface area contributed by atoms with E-state index in [2.05, 4.69) is 6.08 Å². The van der Waals surface area contributed by atoms with E-state index in [9.17, 15) is 24.6 Å². The zero-order chi connectivity index (χ0) is 22.7. The van der Waals surface area contributed by atoms with Gasteiger partial charge in [0.1, 0.15) is 11.3 Å². The molecule has 0 heterocycles. The van der Waals surface area contributed by atoms with Crippen molar-refractivity contribution in [3.8, 4) is 11.5 Å². The average Bonchev–Trinajstić information content (AvgIpc) is 2.66. The van der Waals surface area contributed by atoms with E-state index in [0.717, 1.165) is 37.7 Å². The first kappa shape index (κ1) is 25.1. The van der Waals surface area contributed by atoms with Crippen molar-refractivity contribution >= 4 is 18.2 Å². The minimum absolute atomic E-state index is 0.0171. The normalized spacial score (nSPS) is 11.1. The minimum atomic E-state index is -1.26. The van der Waals surface area contributed by atoms with Crippen LogP contribution in [0.15, 0.2) is 29.4 Å². The molecule has 30 heavy (non-hydrogen) atoms. The first-order chi connectivity index (χ1) is 14.2. The highest BCUT2D eigenvalue weighted by Gasteiger charge is 2.25. The summed E-state index contributed by atoms with van der Waals surface area (Å²) >= 11 is 0. The number of phenolic OH excluding ortho intramolecular Hbond substituents is 1. The van der Waals surface area contributed by atoms with Crippen molar-refractivity contribution in [3.05, 3.63) is 46.1 Å². The third-order valence-corrected chi connectivity index (χ3v) is 4.75. The van der Waals surface area contributed by atoms with Crippen LogP contribution < -0.4 is 4.74 Å². The number of esters is 1. The third-order valence-electron chi connectivity index (χ3n) is 4.75. The van der Waals surface area contributed by atoms with Crippen LogP contribution in [0, 0.1) is 0 Å². The molecule has 0 saturated heterocycles. The number of carbonyl (C=O) groups excluding carboxylic acids is 2. The first-order valence-electron chi connectivity index (χ1n) is 10.3. The van der Waals surface area contributed by atoms with Crippen LogP contribution in [-0.2, 0) is 22.4 Å². The van der Waals surface area contributed by atoms with E-state index in [1.165, 1.54) is 11.6 Å². The number of carbonyl (C=O) groups is 3. The molecule has 0 bridgehead atoms. The van der Waals surface area contributed by atoms with Crippen LogP contribution in [0.5, 0.6) is 11.5 Å². The summed E-state index contributed by atoms with van der Waals surface area (Å²) in [6.45, 7) is 8.03. The van der Waals surface area contributed by atoms with Gasteiger partial charge in [0.15, 0.2) is 5.75 Å². The van der Waals surface area contributed by atoms with Gasteiger partial charge in [0.2, 0.25) is 6.29 Å². The maximum atomic E-state index is 12.0. The van der Waals surface area contributed by atoms with Crippen LogP contribution in [-0.4, -0.2) is 28.4 Å². The molecule has 0 fully saturated rings. The Balaban J connectivity index is 3.36. The van der Waals surface area contributed by atoms with E-state index < -0.39 is 11.9 Å². The molecule has 0 amide bonds. The maximum Gasteiger partial charge on any atom is 0.376 e. The van der Waals surface area contributed by atoms with Crippen LogP contribution >= 0.6 is 0 Å². The number of aromatic hydroxyl groups is 1. The Kier molecular flexibility index (Phi) is 10.6. The van der Waals surface area contributed by atoms with Crippen molar-refractivity contribution in [2.24, 2.45) is 0 Å². The van der Waals surface area contributed by atoms with Gasteiger partial charge in [-0.3, -0.25) is 4.79 Å². The summed E-state index contributed by atoms with van der Waals surface area (Å²) in [5, 5.41) is 20.3. The van der Waals surface area contributed by atoms with E-state index in [1.807, 2.05) is 33.8 Å². The fourth-order valence-corrected chi connectivity index (χ4v) is 3.14. The fraction of sp³-hybridized carbons (Fsp3) is 0.458. The van der Waals surface area contributed by atoms with Crippen molar-refractivity contribution in [2.75, 3.05) is 0 Å². The molecular weight excluding hydrogens is 384 g/mol. The van der Waals surface area contributed by atoms with E-state index in [-0.39, 0.29) is 35.3 Å². The minimum Gasteiger partial charge on any atom is -0.508 e. The van der Waals surface area contributed by atoms with Gasteiger partial charge in [-0.15, -0.1) is 0 Å². The first-order valence-corrected chi connectivity index (χ1v) is 10.3. The topological polar surface area (TPSA) is 101 Å². The number of aldehydes is 1. The van der Waals surface area contributed by atoms with Gasteiger partial charge in [-0.1, -0.05) is 43.1 Å². The predicted molar refractivity (Wildman–Crippen MR) is 116 cm³/mol. The van der Waals surface area contributed by atoms with Gasteiger partial charge >= 0.3 is 11.9 Å². The Morgan fingerprint density at radius 3 is 2.40 bits per heavy atom. The smallest absolute Gasteiger partial charge is 0.376 e. The molecule has 0 aliphatic rings. The second-order valence-electron chi connectivity index (χ2n) is 7.61. The van der Waals surface area contributed by atoms with Gasteiger partial charge in [0.05, 0.1) is 0 Å². The van der Waals surface area contributed by atoms with Crippen LogP contribution in [0.2, 0.25) is 0 Å². The second kappa shape index (κ2) is 12.6. The van der Waals surface area contributed by atoms with Crippen LogP contribution in [0.3, 0.4) is 0 Å². The molecule has 0 unspecified atom stereocenters. The molecule has 1 aromatic carbocycles. The number of carboxylic acid groups (broad SMARTS) is 1. The van der Waals surface area contributed by atoms with Gasteiger partial charge in [-0.25, -0.2) is 9.59 Å². The predicted octanol–water partition coefficient (Wildman–Crippen LogP) is 5.16. The second-order valence-corrected chi connectivity index (χ2v) is 7.61. The molecular formula is C24H32O6. The quantitative estimate of drug-likeness (QED) is 0.122. The monoisotopic (exact) mass is 416 g/mol. The van der Waals surface area contributed by atoms with Gasteiger partial charge < -0.3 is 14.9 Å². The molecule has 0 saturated carbocycles. The number of hydrogen-bond acceptors (Lipinski definition) is 5. The Morgan fingerprint density at radius 1 is 1.13 bits per heavy atom. The molecule has 164 valence electrons. The van der Waals surface area contributed by atoms with Crippen LogP contribution in [0.4, 0.5) is 0 Å². The largest absolute Gasteiger partial charge is 0.508 e. The molecule has 2 N–H and O–H groups in total. The lowest BCUT2D eigenvalue weighted by Gasteiger charge is -2.16. The summed E-state index contributed by atoms with van der Waals surface area (Å²) < 4.78 is 5.07. The summed E-state index contributed by atoms with van der Waals surface area (Å²) in [6, 6.07) is 1.43. The van der Waals surface area contributed by atoms with E-state index in [4.69, 9.17) is 4.74 Å². The van der Waals surface area contributed by atoms with Gasteiger partial charge in [-0.05, 0) is 64.5 Å². The van der Waals surface area contributed by atoms with Gasteiger partial charge in [0, 0.05) is 5.56 Å². The molecule has 0 aliphatic heterocycles. The molecule has 6 nitrogen and oxygen atoms in total. The van der Waals surface area contributed by atoms with Crippen LogP contribution in [0.25, 0.3) is 0 Å². The Morgan fingerprint density at radius 2 is 1.83 bits per heavy atom. The highest BCUT2D eigenvalue weighted by molar-refractivity contribution is 6.21. The number of hydrogen-bond donors (Lipinski definition) is 2. The number of rotatable bonds is 12. The van der Waals surface area contributed by atoms with E-state index in [1.54, 1.807) is 0 Å². The summed E-state index contributed by atoms with van der Waals surface area (Å²) in [4.78, 5) is 34.4. The van der Waals surface area contributed by atoms with Crippen molar-refractivity contribution in [1.82, 2.24) is 0 Å². The molecule has 0 radical (unpaired) electrons. The molecule has 1 aromatic rings. The Bertz CT molecular complexity index is 829. The summed E-state index contributed by atoms with van der Waals surface area (Å²) in [5.74, 6) is -2.86. The zero-order valence-electron chi connectivity index (χ0n) is 18.3. The Hall–Kier alpha value is -2.89. The molecule has 0 aromatic heterocycles. The number of benzene rings is 1. The molecule has 0 aliphatic carbocycles. The molecule has 0 spiro atoms. The zero-order valence-corrected chi connectivity index (χ0v) is 18.3. The number of aryl methyl sites for hydroxylation is 1. The van der Waals surface area contributed by atoms with E-state index >= 15 is 0 Å². The third kappa shape index (κ3) is 7.85. The number of carboxylic acids is 1. The SMILES string of the molecule is CCCCCc1cc(O)c(C/C=C(\C)CCC=C(C)C)c(OC(=O)C=O)c1C(=O)O. The molecule has 1 rings (SSSR count). The standard InChI is InChI=1S/C24H32O6/c1-5-6-7-11-18-14-20(26)19(13-12-17(4)10-8-9-16(2)3)23(22(18)24(28)29)30-21(27)15-25/h9,12,14-15,26H,5-8,10-11,13H2,1-4H3,(H,28,29)/b17-12+. The number of phenols is 1. The van der Waals surface area contributed by atoms with Gasteiger partial charge in [-0.2, -0.15) is 0 Å². The average molecular weight is 417 g/mol. The summed E-state index contributed by atoms with van der Waals surface area (Å²) in [6.07, 6.45) is 8.87. The lowest BCUT2D eigenvalue weighted by molar-refractivity contribution is -0.141. The van der Waals surface area contributed by atoms with E-state index in [0.29, 0.717) is 12.0 Å². The number of aromatic carboxylic acids is 1. The highest BCUT2D eigenvalue weighted by atomic mass is 16.5. The van der Waals surface area contributed by atoms with Crippen molar-refractivity contribution in [3.63, 3.8) is 0 Å².